The number of carbonyl (C=O) groups excluding carboxylic acids is 1. The Kier molecular flexibility index (Phi) is 5.11. The van der Waals surface area contributed by atoms with Gasteiger partial charge in [0.2, 0.25) is 5.91 Å². The molecule has 0 aromatic heterocycles. The molecule has 0 radical (unpaired) electrons. The fourth-order valence-corrected chi connectivity index (χ4v) is 2.33. The molecule has 0 unspecified atom stereocenters. The second-order valence-corrected chi connectivity index (χ2v) is 5.44. The zero-order valence-corrected chi connectivity index (χ0v) is 11.0. The minimum absolute atomic E-state index is 0.0575. The average Bonchev–Trinajstić information content (AvgIpc) is 2.28. The summed E-state index contributed by atoms with van der Waals surface area (Å²) in [6.07, 6.45) is 0.839. The summed E-state index contributed by atoms with van der Waals surface area (Å²) in [6.45, 7) is 2.48. The molecule has 7 heteroatoms. The molecule has 0 fully saturated rings. The van der Waals surface area contributed by atoms with Gasteiger partial charge >= 0.3 is 0 Å². The SMILES string of the molecule is CC(=O)NS(=O)(=O)c1ccc(NCCCN)cc1. The lowest BCUT2D eigenvalue weighted by atomic mass is 10.3. The Morgan fingerprint density at radius 2 is 1.89 bits per heavy atom. The topological polar surface area (TPSA) is 101 Å². The molecule has 0 saturated heterocycles. The monoisotopic (exact) mass is 271 g/mol. The molecule has 0 heterocycles. The molecule has 1 amide bonds. The van der Waals surface area contributed by atoms with Crippen LogP contribution in [0.2, 0.25) is 0 Å². The smallest absolute Gasteiger partial charge is 0.264 e. The van der Waals surface area contributed by atoms with Crippen LogP contribution in [-0.2, 0) is 14.8 Å². The van der Waals surface area contributed by atoms with E-state index in [0.29, 0.717) is 6.54 Å². The van der Waals surface area contributed by atoms with E-state index in [1.807, 2.05) is 4.72 Å². The molecule has 4 N–H and O–H groups in total. The zero-order valence-electron chi connectivity index (χ0n) is 10.1. The van der Waals surface area contributed by atoms with E-state index in [2.05, 4.69) is 5.32 Å². The third kappa shape index (κ3) is 4.34. The van der Waals surface area contributed by atoms with Crippen molar-refractivity contribution in [2.45, 2.75) is 18.2 Å². The van der Waals surface area contributed by atoms with E-state index < -0.39 is 15.9 Å². The van der Waals surface area contributed by atoms with Gasteiger partial charge in [-0.3, -0.25) is 4.79 Å². The Morgan fingerprint density at radius 1 is 1.28 bits per heavy atom. The highest BCUT2D eigenvalue weighted by atomic mass is 32.2. The average molecular weight is 271 g/mol. The number of nitrogens with one attached hydrogen (secondary N) is 2. The van der Waals surface area contributed by atoms with E-state index in [1.165, 1.54) is 12.1 Å². The van der Waals surface area contributed by atoms with Crippen LogP contribution in [0.5, 0.6) is 0 Å². The molecule has 1 aromatic carbocycles. The molecule has 0 aliphatic heterocycles. The molecule has 0 aliphatic rings. The van der Waals surface area contributed by atoms with Crippen molar-refractivity contribution in [3.8, 4) is 0 Å². The van der Waals surface area contributed by atoms with Gasteiger partial charge in [0.25, 0.3) is 10.0 Å². The third-order valence-electron chi connectivity index (χ3n) is 2.15. The zero-order chi connectivity index (χ0) is 13.6. The van der Waals surface area contributed by atoms with Crippen LogP contribution >= 0.6 is 0 Å². The lowest BCUT2D eigenvalue weighted by Gasteiger charge is -2.07. The molecule has 6 nitrogen and oxygen atoms in total. The van der Waals surface area contributed by atoms with Crippen LogP contribution in [-0.4, -0.2) is 27.4 Å². The number of hydrogen-bond donors (Lipinski definition) is 3. The maximum Gasteiger partial charge on any atom is 0.264 e. The van der Waals surface area contributed by atoms with Gasteiger partial charge in [-0.15, -0.1) is 0 Å². The van der Waals surface area contributed by atoms with Gasteiger partial charge in [-0.25, -0.2) is 13.1 Å². The van der Waals surface area contributed by atoms with Gasteiger partial charge in [-0.2, -0.15) is 0 Å². The van der Waals surface area contributed by atoms with Crippen LogP contribution in [0.3, 0.4) is 0 Å². The fraction of sp³-hybridized carbons (Fsp3) is 0.364. The maximum atomic E-state index is 11.6. The van der Waals surface area contributed by atoms with Crippen LogP contribution < -0.4 is 15.8 Å². The number of benzene rings is 1. The second kappa shape index (κ2) is 6.36. The molecule has 1 aromatic rings. The maximum absolute atomic E-state index is 11.6. The molecular formula is C11H17N3O3S. The van der Waals surface area contributed by atoms with E-state index in [0.717, 1.165) is 25.6 Å². The summed E-state index contributed by atoms with van der Waals surface area (Å²) in [7, 11) is -3.75. The summed E-state index contributed by atoms with van der Waals surface area (Å²) in [5, 5.41) is 3.10. The Hall–Kier alpha value is -1.60. The molecule has 0 bridgehead atoms. The molecule has 0 saturated carbocycles. The molecule has 0 spiro atoms. The number of sulfonamides is 1. The van der Waals surface area contributed by atoms with Crippen molar-refractivity contribution in [1.82, 2.24) is 4.72 Å². The lowest BCUT2D eigenvalue weighted by molar-refractivity contribution is -0.117. The van der Waals surface area contributed by atoms with Crippen LogP contribution in [0, 0.1) is 0 Å². The van der Waals surface area contributed by atoms with Gasteiger partial charge in [0, 0.05) is 19.2 Å². The fourth-order valence-electron chi connectivity index (χ4n) is 1.33. The number of nitrogens with two attached hydrogens (primary N) is 1. The molecule has 100 valence electrons. The van der Waals surface area contributed by atoms with Gasteiger partial charge in [0.05, 0.1) is 4.90 Å². The van der Waals surface area contributed by atoms with Gasteiger partial charge < -0.3 is 11.1 Å². The van der Waals surface area contributed by atoms with E-state index in [9.17, 15) is 13.2 Å². The normalized spacial score (nSPS) is 11.0. The minimum atomic E-state index is -3.75. The minimum Gasteiger partial charge on any atom is -0.385 e. The van der Waals surface area contributed by atoms with Crippen LogP contribution in [0.25, 0.3) is 0 Å². The third-order valence-corrected chi connectivity index (χ3v) is 3.60. The van der Waals surface area contributed by atoms with Crippen LogP contribution in [0.1, 0.15) is 13.3 Å². The van der Waals surface area contributed by atoms with Gasteiger partial charge in [0.1, 0.15) is 0 Å². The highest BCUT2D eigenvalue weighted by Crippen LogP contribution is 2.13. The first-order valence-electron chi connectivity index (χ1n) is 5.53. The number of hydrogen-bond acceptors (Lipinski definition) is 5. The second-order valence-electron chi connectivity index (χ2n) is 3.76. The van der Waals surface area contributed by atoms with Crippen LogP contribution in [0.15, 0.2) is 29.2 Å². The first kappa shape index (κ1) is 14.5. The van der Waals surface area contributed by atoms with Crippen molar-refractivity contribution in [2.75, 3.05) is 18.4 Å². The number of anilines is 1. The van der Waals surface area contributed by atoms with E-state index in [4.69, 9.17) is 5.73 Å². The van der Waals surface area contributed by atoms with Crippen molar-refractivity contribution in [3.63, 3.8) is 0 Å². The first-order chi connectivity index (χ1) is 8.45. The Morgan fingerprint density at radius 3 is 2.39 bits per heavy atom. The number of amides is 1. The Balaban J connectivity index is 2.73. The first-order valence-corrected chi connectivity index (χ1v) is 7.01. The molecule has 0 atom stereocenters. The summed E-state index contributed by atoms with van der Waals surface area (Å²) in [4.78, 5) is 10.8. The molecule has 18 heavy (non-hydrogen) atoms. The number of rotatable bonds is 6. The predicted octanol–water partition coefficient (Wildman–Crippen LogP) is 0.272. The van der Waals surface area contributed by atoms with E-state index in [1.54, 1.807) is 12.1 Å². The van der Waals surface area contributed by atoms with E-state index in [-0.39, 0.29) is 4.90 Å². The molecular weight excluding hydrogens is 254 g/mol. The lowest BCUT2D eigenvalue weighted by Crippen LogP contribution is -2.28. The standard InChI is InChI=1S/C11H17N3O3S/c1-9(15)14-18(16,17)11-5-3-10(4-6-11)13-8-2-7-12/h3-6,13H,2,7-8,12H2,1H3,(H,14,15). The van der Waals surface area contributed by atoms with Crippen molar-refractivity contribution < 1.29 is 13.2 Å². The van der Waals surface area contributed by atoms with Gasteiger partial charge in [0.15, 0.2) is 0 Å². The number of carbonyl (C=O) groups is 1. The Bertz CT molecular complexity index is 497. The summed E-state index contributed by atoms with van der Waals surface area (Å²) < 4.78 is 25.2. The highest BCUT2D eigenvalue weighted by Gasteiger charge is 2.14. The summed E-state index contributed by atoms with van der Waals surface area (Å²) in [5.74, 6) is -0.611. The molecule has 0 aliphatic carbocycles. The van der Waals surface area contributed by atoms with Gasteiger partial charge in [-0.1, -0.05) is 0 Å². The summed E-state index contributed by atoms with van der Waals surface area (Å²) in [5.41, 5.74) is 6.17. The van der Waals surface area contributed by atoms with Crippen molar-refractivity contribution in [2.24, 2.45) is 5.73 Å². The van der Waals surface area contributed by atoms with Crippen molar-refractivity contribution in [1.29, 1.82) is 0 Å². The Labute approximate surface area is 107 Å². The van der Waals surface area contributed by atoms with Crippen molar-refractivity contribution >= 4 is 21.6 Å². The quantitative estimate of drug-likeness (QED) is 0.645. The summed E-state index contributed by atoms with van der Waals surface area (Å²) >= 11 is 0. The van der Waals surface area contributed by atoms with Crippen LogP contribution in [0.4, 0.5) is 5.69 Å². The predicted molar refractivity (Wildman–Crippen MR) is 69.6 cm³/mol. The van der Waals surface area contributed by atoms with Gasteiger partial charge in [-0.05, 0) is 37.2 Å². The largest absolute Gasteiger partial charge is 0.385 e. The summed E-state index contributed by atoms with van der Waals surface area (Å²) in [6, 6.07) is 6.17. The molecule has 1 rings (SSSR count). The highest BCUT2D eigenvalue weighted by molar-refractivity contribution is 7.90. The van der Waals surface area contributed by atoms with E-state index >= 15 is 0 Å². The van der Waals surface area contributed by atoms with Crippen molar-refractivity contribution in [3.05, 3.63) is 24.3 Å².